The highest BCUT2D eigenvalue weighted by molar-refractivity contribution is 7.44. The van der Waals surface area contributed by atoms with Crippen LogP contribution in [0, 0.1) is 11.3 Å². The van der Waals surface area contributed by atoms with Crippen molar-refractivity contribution in [1.29, 1.82) is 5.26 Å². The summed E-state index contributed by atoms with van der Waals surface area (Å²) in [5, 5.41) is 9.32. The van der Waals surface area contributed by atoms with Crippen LogP contribution in [0.25, 0.3) is 0 Å². The fourth-order valence-corrected chi connectivity index (χ4v) is 10.3. The maximum atomic E-state index is 14.3. The van der Waals surface area contributed by atoms with Gasteiger partial charge in [0.1, 0.15) is 17.1 Å². The van der Waals surface area contributed by atoms with E-state index >= 15 is 0 Å². The minimum Gasteiger partial charge on any atom is -0.497 e. The highest BCUT2D eigenvalue weighted by Gasteiger charge is 2.43. The Morgan fingerprint density at radius 2 is 1.25 bits per heavy atom. The molecular formula is C51H76N3O6P. The van der Waals surface area contributed by atoms with Crippen molar-refractivity contribution in [2.45, 2.75) is 167 Å². The number of methoxy groups -OCH3 is 2. The monoisotopic (exact) mass is 858 g/mol. The largest absolute Gasteiger partial charge is 0.497 e. The second-order valence-electron chi connectivity index (χ2n) is 17.0. The molecule has 3 atom stereocenters. The van der Waals surface area contributed by atoms with Crippen LogP contribution in [0.5, 0.6) is 11.5 Å². The van der Waals surface area contributed by atoms with E-state index in [0.29, 0.717) is 26.0 Å². The van der Waals surface area contributed by atoms with Crippen LogP contribution in [0.1, 0.15) is 154 Å². The molecule has 1 saturated heterocycles. The average molecular weight is 858 g/mol. The van der Waals surface area contributed by atoms with E-state index in [1.807, 2.05) is 47.4 Å². The molecule has 1 amide bonds. The van der Waals surface area contributed by atoms with Crippen molar-refractivity contribution >= 4 is 14.4 Å². The highest BCUT2D eigenvalue weighted by atomic mass is 31.2. The molecule has 0 bridgehead atoms. The molecule has 1 unspecified atom stereocenters. The number of hydrogen-bond acceptors (Lipinski definition) is 8. The number of carbonyl (C=O) groups excluding carboxylic acids is 1. The van der Waals surface area contributed by atoms with Crippen molar-refractivity contribution in [1.82, 2.24) is 9.57 Å². The van der Waals surface area contributed by atoms with Crippen LogP contribution in [-0.2, 0) is 24.2 Å². The Morgan fingerprint density at radius 3 is 1.72 bits per heavy atom. The molecule has 10 heteroatoms. The lowest BCUT2D eigenvalue weighted by Crippen LogP contribution is -2.42. The summed E-state index contributed by atoms with van der Waals surface area (Å²) in [6.07, 6.45) is 17.5. The number of nitrogens with zero attached hydrogens (tertiary/aromatic N) is 3. The Balaban J connectivity index is 1.56. The summed E-state index contributed by atoms with van der Waals surface area (Å²) in [6, 6.07) is 28.7. The van der Waals surface area contributed by atoms with Crippen molar-refractivity contribution in [2.24, 2.45) is 0 Å². The number of unbranched alkanes of at least 4 members (excludes halogenated alkanes) is 12. The Labute approximate surface area is 370 Å². The first-order valence-corrected chi connectivity index (χ1v) is 24.3. The van der Waals surface area contributed by atoms with Gasteiger partial charge in [-0.25, -0.2) is 4.67 Å². The van der Waals surface area contributed by atoms with Gasteiger partial charge in [0.05, 0.1) is 52.1 Å². The first-order chi connectivity index (χ1) is 29.7. The second-order valence-corrected chi connectivity index (χ2v) is 18.4. The zero-order valence-electron chi connectivity index (χ0n) is 38.5. The van der Waals surface area contributed by atoms with Crippen LogP contribution >= 0.6 is 8.53 Å². The van der Waals surface area contributed by atoms with E-state index in [4.69, 9.17) is 23.3 Å². The summed E-state index contributed by atoms with van der Waals surface area (Å²) in [4.78, 5) is 16.4. The molecule has 1 aliphatic rings. The summed E-state index contributed by atoms with van der Waals surface area (Å²) in [5.74, 6) is 1.65. The molecule has 0 saturated carbocycles. The molecule has 61 heavy (non-hydrogen) atoms. The van der Waals surface area contributed by atoms with E-state index in [1.54, 1.807) is 14.2 Å². The van der Waals surface area contributed by atoms with Crippen LogP contribution < -0.4 is 9.47 Å². The van der Waals surface area contributed by atoms with Gasteiger partial charge in [0.15, 0.2) is 0 Å². The Hall–Kier alpha value is -3.51. The summed E-state index contributed by atoms with van der Waals surface area (Å²) < 4.78 is 34.0. The standard InChI is InChI=1S/C51H76N3O6P/c1-8-9-10-11-12-13-14-15-16-17-18-19-23-27-50(55)53-39-49(60-61(59-37-24-36-52)54(41(2)3)42(4)5)38-46(53)40-58-51(43-25-21-20-22-26-43,44-28-32-47(56-6)33-29-44)45-30-34-48(57-7)35-31-45/h20-22,25-26,28-35,41-42,46,49H,8-19,23-24,27,37-40H2,1-7H3/t46-,49+,61?/m0/s1. The fourth-order valence-electron chi connectivity index (χ4n) is 8.57. The molecule has 4 rings (SSSR count). The SMILES string of the molecule is CCCCCCCCCCCCCCCC(=O)N1C[C@H](OP(OCCC#N)N(C(C)C)C(C)C)C[C@H]1COC(c1ccccc1)(c1ccc(OC)cc1)c1ccc(OC)cc1. The lowest BCUT2D eigenvalue weighted by atomic mass is 9.80. The third-order valence-electron chi connectivity index (χ3n) is 11.8. The Morgan fingerprint density at radius 1 is 0.754 bits per heavy atom. The van der Waals surface area contributed by atoms with Crippen molar-refractivity contribution in [3.05, 3.63) is 95.6 Å². The van der Waals surface area contributed by atoms with Gasteiger partial charge in [0, 0.05) is 25.0 Å². The third kappa shape index (κ3) is 15.4. The van der Waals surface area contributed by atoms with Gasteiger partial charge >= 0.3 is 0 Å². The molecule has 3 aromatic rings. The summed E-state index contributed by atoms with van der Waals surface area (Å²) in [6.45, 7) is 11.9. The van der Waals surface area contributed by atoms with Gasteiger partial charge in [0.2, 0.25) is 5.91 Å². The normalized spacial score (nSPS) is 16.0. The van der Waals surface area contributed by atoms with Gasteiger partial charge in [-0.15, -0.1) is 0 Å². The highest BCUT2D eigenvalue weighted by Crippen LogP contribution is 2.49. The first-order valence-electron chi connectivity index (χ1n) is 23.2. The predicted octanol–water partition coefficient (Wildman–Crippen LogP) is 12.8. The van der Waals surface area contributed by atoms with Gasteiger partial charge in [-0.2, -0.15) is 5.26 Å². The number of rotatable bonds is 30. The number of likely N-dealkylation sites (tertiary alicyclic amines) is 1. The second kappa shape index (κ2) is 27.5. The number of ether oxygens (including phenoxy) is 3. The minimum atomic E-state index is -1.48. The summed E-state index contributed by atoms with van der Waals surface area (Å²) in [5.41, 5.74) is 1.85. The predicted molar refractivity (Wildman–Crippen MR) is 249 cm³/mol. The van der Waals surface area contributed by atoms with Crippen LogP contribution in [0.2, 0.25) is 0 Å². The Bertz CT molecular complexity index is 1630. The van der Waals surface area contributed by atoms with Gasteiger partial charge in [-0.3, -0.25) is 4.79 Å². The topological polar surface area (TPSA) is 93.5 Å². The molecule has 1 heterocycles. The number of benzene rings is 3. The molecule has 336 valence electrons. The maximum absolute atomic E-state index is 14.3. The van der Waals surface area contributed by atoms with Gasteiger partial charge in [-0.05, 0) is 81.5 Å². The molecule has 9 nitrogen and oxygen atoms in total. The molecule has 0 aliphatic carbocycles. The molecule has 1 aliphatic heterocycles. The van der Waals surface area contributed by atoms with Crippen molar-refractivity contribution in [3.63, 3.8) is 0 Å². The molecule has 1 fully saturated rings. The summed E-state index contributed by atoms with van der Waals surface area (Å²) in [7, 11) is 1.86. The minimum absolute atomic E-state index is 0.140. The van der Waals surface area contributed by atoms with E-state index in [1.165, 1.54) is 64.2 Å². The van der Waals surface area contributed by atoms with Crippen molar-refractivity contribution in [3.8, 4) is 17.6 Å². The third-order valence-corrected chi connectivity index (χ3v) is 13.9. The van der Waals surface area contributed by atoms with Crippen molar-refractivity contribution < 1.29 is 28.1 Å². The molecule has 0 spiro atoms. The lowest BCUT2D eigenvalue weighted by molar-refractivity contribution is -0.134. The maximum Gasteiger partial charge on any atom is 0.259 e. The number of amides is 1. The lowest BCUT2D eigenvalue weighted by Gasteiger charge is -2.38. The Kier molecular flexibility index (Phi) is 22.6. The molecule has 3 aromatic carbocycles. The molecular weight excluding hydrogens is 782 g/mol. The number of nitriles is 1. The van der Waals surface area contributed by atoms with Gasteiger partial charge < -0.3 is 28.2 Å². The van der Waals surface area contributed by atoms with Gasteiger partial charge in [-0.1, -0.05) is 139 Å². The zero-order valence-corrected chi connectivity index (χ0v) is 39.4. The van der Waals surface area contributed by atoms with Crippen LogP contribution in [0.4, 0.5) is 0 Å². The van der Waals surface area contributed by atoms with Gasteiger partial charge in [0.25, 0.3) is 8.53 Å². The first kappa shape index (κ1) is 50.1. The van der Waals surface area contributed by atoms with E-state index in [2.05, 4.69) is 81.8 Å². The summed E-state index contributed by atoms with van der Waals surface area (Å²) >= 11 is 0. The zero-order chi connectivity index (χ0) is 43.9. The van der Waals surface area contributed by atoms with Crippen molar-refractivity contribution in [2.75, 3.05) is 34.0 Å². The number of carbonyl (C=O) groups is 1. The molecule has 0 radical (unpaired) electrons. The van der Waals surface area contributed by atoms with Crippen LogP contribution in [0.3, 0.4) is 0 Å². The molecule has 0 N–H and O–H groups in total. The molecule has 0 aromatic heterocycles. The van der Waals surface area contributed by atoms with E-state index < -0.39 is 14.1 Å². The van der Waals surface area contributed by atoms with Crippen LogP contribution in [-0.4, -0.2) is 73.7 Å². The quantitative estimate of drug-likeness (QED) is 0.0372. The van der Waals surface area contributed by atoms with E-state index in [-0.39, 0.29) is 43.2 Å². The fraction of sp³-hybridized carbons (Fsp3) is 0.608. The van der Waals surface area contributed by atoms with E-state index in [0.717, 1.165) is 47.5 Å². The van der Waals surface area contributed by atoms with E-state index in [9.17, 15) is 10.1 Å². The smallest absolute Gasteiger partial charge is 0.259 e. The van der Waals surface area contributed by atoms with Crippen LogP contribution in [0.15, 0.2) is 78.9 Å². The average Bonchev–Trinajstić information content (AvgIpc) is 3.68. The number of hydrogen-bond donors (Lipinski definition) is 0.